The maximum Gasteiger partial charge on any atom is 0.243 e. The molecule has 31 heavy (non-hydrogen) atoms. The average molecular weight is 484 g/mol. The van der Waals surface area contributed by atoms with Crippen molar-refractivity contribution in [2.24, 2.45) is 0 Å². The SMILES string of the molecule is Cc1csc2c(N[C@@H](C)CN3CCN(S(=O)(=O)c4ccc(F)c(Cl)c4)CC3)ncnc12. The van der Waals surface area contributed by atoms with Crippen LogP contribution in [0.1, 0.15) is 12.5 Å². The van der Waals surface area contributed by atoms with Crippen molar-refractivity contribution in [3.05, 3.63) is 46.3 Å². The Morgan fingerprint density at radius 2 is 2.00 bits per heavy atom. The number of fused-ring (bicyclic) bond motifs is 1. The second-order valence-electron chi connectivity index (χ2n) is 7.64. The van der Waals surface area contributed by atoms with Crippen LogP contribution in [0, 0.1) is 12.7 Å². The number of hydrogen-bond acceptors (Lipinski definition) is 7. The number of aryl methyl sites for hydroxylation is 1. The van der Waals surface area contributed by atoms with E-state index in [4.69, 9.17) is 11.6 Å². The summed E-state index contributed by atoms with van der Waals surface area (Å²) in [6.45, 7) is 6.82. The molecule has 0 bridgehead atoms. The molecular formula is C20H23ClFN5O2S2. The van der Waals surface area contributed by atoms with Crippen LogP contribution in [-0.4, -0.2) is 66.4 Å². The number of sulfonamides is 1. The largest absolute Gasteiger partial charge is 0.365 e. The first kappa shape index (κ1) is 22.3. The number of benzene rings is 1. The van der Waals surface area contributed by atoms with Gasteiger partial charge >= 0.3 is 0 Å². The molecule has 166 valence electrons. The smallest absolute Gasteiger partial charge is 0.243 e. The molecule has 1 atom stereocenters. The average Bonchev–Trinajstić information content (AvgIpc) is 3.12. The van der Waals surface area contributed by atoms with Crippen LogP contribution < -0.4 is 5.32 Å². The highest BCUT2D eigenvalue weighted by Gasteiger charge is 2.29. The lowest BCUT2D eigenvalue weighted by Gasteiger charge is -2.35. The van der Waals surface area contributed by atoms with Crippen LogP contribution in [0.25, 0.3) is 10.2 Å². The van der Waals surface area contributed by atoms with E-state index in [0.717, 1.165) is 34.2 Å². The van der Waals surface area contributed by atoms with Gasteiger partial charge in [0.05, 0.1) is 20.1 Å². The summed E-state index contributed by atoms with van der Waals surface area (Å²) >= 11 is 7.39. The van der Waals surface area contributed by atoms with Crippen molar-refractivity contribution in [3.8, 4) is 0 Å². The van der Waals surface area contributed by atoms with Crippen molar-refractivity contribution in [2.45, 2.75) is 24.8 Å². The number of halogens is 2. The van der Waals surface area contributed by atoms with Gasteiger partial charge in [-0.15, -0.1) is 11.3 Å². The van der Waals surface area contributed by atoms with E-state index in [2.05, 4.69) is 32.5 Å². The summed E-state index contributed by atoms with van der Waals surface area (Å²) in [5.41, 5.74) is 2.10. The highest BCUT2D eigenvalue weighted by Crippen LogP contribution is 2.29. The Hall–Kier alpha value is -1.85. The number of aromatic nitrogens is 2. The van der Waals surface area contributed by atoms with Gasteiger partial charge in [0.2, 0.25) is 10.0 Å². The molecule has 0 amide bonds. The van der Waals surface area contributed by atoms with E-state index in [0.29, 0.717) is 26.2 Å². The molecule has 1 aliphatic heterocycles. The third kappa shape index (κ3) is 4.68. The predicted molar refractivity (Wildman–Crippen MR) is 122 cm³/mol. The van der Waals surface area contributed by atoms with E-state index in [1.807, 2.05) is 6.92 Å². The summed E-state index contributed by atoms with van der Waals surface area (Å²) in [6.07, 6.45) is 1.57. The van der Waals surface area contributed by atoms with Crippen molar-refractivity contribution < 1.29 is 12.8 Å². The van der Waals surface area contributed by atoms with Gasteiger partial charge in [-0.3, -0.25) is 4.90 Å². The number of rotatable bonds is 6. The number of piperazine rings is 1. The fourth-order valence-corrected chi connectivity index (χ4v) is 6.33. The van der Waals surface area contributed by atoms with Crippen LogP contribution >= 0.6 is 22.9 Å². The van der Waals surface area contributed by atoms with Crippen molar-refractivity contribution in [1.82, 2.24) is 19.2 Å². The monoisotopic (exact) mass is 483 g/mol. The lowest BCUT2D eigenvalue weighted by atomic mass is 10.2. The molecule has 0 saturated carbocycles. The minimum Gasteiger partial charge on any atom is -0.365 e. The molecule has 0 radical (unpaired) electrons. The van der Waals surface area contributed by atoms with Gasteiger partial charge in [0, 0.05) is 38.8 Å². The van der Waals surface area contributed by atoms with E-state index < -0.39 is 15.8 Å². The van der Waals surface area contributed by atoms with Gasteiger partial charge < -0.3 is 5.32 Å². The van der Waals surface area contributed by atoms with Crippen molar-refractivity contribution in [3.63, 3.8) is 0 Å². The summed E-state index contributed by atoms with van der Waals surface area (Å²) < 4.78 is 41.5. The summed E-state index contributed by atoms with van der Waals surface area (Å²) in [5.74, 6) is 0.190. The number of nitrogens with zero attached hydrogens (tertiary/aromatic N) is 4. The molecular weight excluding hydrogens is 461 g/mol. The Labute approximate surface area is 189 Å². The first-order chi connectivity index (χ1) is 14.8. The molecule has 3 aromatic rings. The zero-order valence-electron chi connectivity index (χ0n) is 17.2. The molecule has 7 nitrogen and oxygen atoms in total. The Morgan fingerprint density at radius 1 is 1.26 bits per heavy atom. The van der Waals surface area contributed by atoms with Gasteiger partial charge in [-0.25, -0.2) is 22.8 Å². The topological polar surface area (TPSA) is 78.4 Å². The van der Waals surface area contributed by atoms with Crippen LogP contribution in [0.5, 0.6) is 0 Å². The Kier molecular flexibility index (Phi) is 6.45. The zero-order chi connectivity index (χ0) is 22.2. The van der Waals surface area contributed by atoms with Crippen LogP contribution in [-0.2, 0) is 10.0 Å². The number of anilines is 1. The van der Waals surface area contributed by atoms with Crippen LogP contribution in [0.4, 0.5) is 10.2 Å². The molecule has 0 spiro atoms. The second kappa shape index (κ2) is 8.95. The van der Waals surface area contributed by atoms with Gasteiger partial charge in [0.25, 0.3) is 0 Å². The maximum atomic E-state index is 13.4. The van der Waals surface area contributed by atoms with Crippen LogP contribution in [0.15, 0.2) is 34.8 Å². The molecule has 4 rings (SSSR count). The molecule has 1 fully saturated rings. The first-order valence-corrected chi connectivity index (χ1v) is 12.6. The Balaban J connectivity index is 1.36. The fourth-order valence-electron chi connectivity index (χ4n) is 3.68. The van der Waals surface area contributed by atoms with E-state index in [1.54, 1.807) is 17.7 Å². The molecule has 1 aromatic carbocycles. The lowest BCUT2D eigenvalue weighted by Crippen LogP contribution is -2.50. The van der Waals surface area contributed by atoms with Crippen LogP contribution in [0.2, 0.25) is 5.02 Å². The quantitative estimate of drug-likeness (QED) is 0.577. The van der Waals surface area contributed by atoms with Gasteiger partial charge in [-0.2, -0.15) is 4.31 Å². The van der Waals surface area contributed by atoms with Crippen LogP contribution in [0.3, 0.4) is 0 Å². The summed E-state index contributed by atoms with van der Waals surface area (Å²) in [7, 11) is -3.70. The minimum absolute atomic E-state index is 0.0152. The standard InChI is InChI=1S/C20H23ClFN5O2S2/c1-13-11-30-19-18(13)23-12-24-20(19)25-14(2)10-26-5-7-27(8-6-26)31(28,29)15-3-4-17(22)16(21)9-15/h3-4,9,11-12,14H,5-8,10H2,1-2H3,(H,23,24,25)/t14-/m0/s1. The number of thiophene rings is 1. The predicted octanol–water partition coefficient (Wildman–Crippen LogP) is 3.60. The maximum absolute atomic E-state index is 13.4. The summed E-state index contributed by atoms with van der Waals surface area (Å²) in [4.78, 5) is 11.0. The van der Waals surface area contributed by atoms with Gasteiger partial charge in [-0.05, 0) is 43.0 Å². The Bertz CT molecular complexity index is 1200. The zero-order valence-corrected chi connectivity index (χ0v) is 19.6. The molecule has 0 aliphatic carbocycles. The highest BCUT2D eigenvalue weighted by atomic mass is 35.5. The van der Waals surface area contributed by atoms with Crippen molar-refractivity contribution >= 4 is 49.0 Å². The van der Waals surface area contributed by atoms with Crippen molar-refractivity contribution in [2.75, 3.05) is 38.0 Å². The third-order valence-electron chi connectivity index (χ3n) is 5.31. The first-order valence-electron chi connectivity index (χ1n) is 9.88. The molecule has 0 unspecified atom stereocenters. The third-order valence-corrected chi connectivity index (χ3v) is 8.58. The number of nitrogens with one attached hydrogen (secondary N) is 1. The normalized spacial score (nSPS) is 17.2. The molecule has 1 aliphatic rings. The molecule has 11 heteroatoms. The second-order valence-corrected chi connectivity index (χ2v) is 10.9. The summed E-state index contributed by atoms with van der Waals surface area (Å²) in [6, 6.07) is 3.63. The molecule has 1 N–H and O–H groups in total. The van der Waals surface area contributed by atoms with Gasteiger partial charge in [0.1, 0.15) is 18.0 Å². The Morgan fingerprint density at radius 3 is 2.71 bits per heavy atom. The molecule has 3 heterocycles. The van der Waals surface area contributed by atoms with E-state index in [9.17, 15) is 12.8 Å². The number of hydrogen-bond donors (Lipinski definition) is 1. The summed E-state index contributed by atoms with van der Waals surface area (Å²) in [5, 5.41) is 5.34. The van der Waals surface area contributed by atoms with E-state index in [-0.39, 0.29) is 16.0 Å². The molecule has 1 saturated heterocycles. The highest BCUT2D eigenvalue weighted by molar-refractivity contribution is 7.89. The van der Waals surface area contributed by atoms with E-state index in [1.165, 1.54) is 16.4 Å². The fraction of sp³-hybridized carbons (Fsp3) is 0.400. The van der Waals surface area contributed by atoms with Gasteiger partial charge in [0.15, 0.2) is 0 Å². The van der Waals surface area contributed by atoms with E-state index >= 15 is 0 Å². The van der Waals surface area contributed by atoms with Crippen molar-refractivity contribution in [1.29, 1.82) is 0 Å². The molecule has 2 aromatic heterocycles. The lowest BCUT2D eigenvalue weighted by molar-refractivity contribution is 0.184. The minimum atomic E-state index is -3.70. The van der Waals surface area contributed by atoms with Gasteiger partial charge in [-0.1, -0.05) is 11.6 Å².